The molecule has 1 saturated heterocycles. The van der Waals surface area contributed by atoms with E-state index in [1.54, 1.807) is 10.7 Å². The molecule has 7 heteroatoms. The van der Waals surface area contributed by atoms with E-state index in [4.69, 9.17) is 28.3 Å². The summed E-state index contributed by atoms with van der Waals surface area (Å²) in [5.74, 6) is 0. The lowest BCUT2D eigenvalue weighted by Crippen LogP contribution is -3.00. The van der Waals surface area contributed by atoms with Crippen molar-refractivity contribution in [2.75, 3.05) is 13.1 Å². The van der Waals surface area contributed by atoms with Crippen LogP contribution in [0.4, 0.5) is 0 Å². The zero-order valence-electron chi connectivity index (χ0n) is 15.4. The molecule has 0 amide bonds. The highest BCUT2D eigenvalue weighted by Crippen LogP contribution is 2.25. The summed E-state index contributed by atoms with van der Waals surface area (Å²) < 4.78 is 1.73. The Balaban J connectivity index is 0.00000225. The molecular weight excluding hydrogens is 461 g/mol. The number of nitrogens with zero attached hydrogens (tertiary/aromatic N) is 2. The first kappa shape index (κ1) is 21.3. The summed E-state index contributed by atoms with van der Waals surface area (Å²) >= 11 is 12.2. The Morgan fingerprint density at radius 1 is 1.04 bits per heavy atom. The van der Waals surface area contributed by atoms with Crippen molar-refractivity contribution in [3.8, 4) is 0 Å². The van der Waals surface area contributed by atoms with Crippen LogP contribution >= 0.6 is 23.2 Å². The fourth-order valence-electron chi connectivity index (χ4n) is 3.84. The number of hydrogen-bond donors (Lipinski definition) is 1. The number of halogens is 3. The standard InChI is InChI=1S/C21H21Cl2N3O.BrH/c22-18-8-7-14(12-19(18)23)13-20-16-5-1-2-6-17(16)21(27)26(25-20)15-4-3-10-24-11-9-15;/h1-2,5-8,12,15,24H,3-4,9-11,13H2;1H. The van der Waals surface area contributed by atoms with E-state index in [0.29, 0.717) is 16.5 Å². The summed E-state index contributed by atoms with van der Waals surface area (Å²) in [6.45, 7) is 2.16. The van der Waals surface area contributed by atoms with Crippen molar-refractivity contribution in [2.24, 2.45) is 0 Å². The molecule has 1 fully saturated rings. The Morgan fingerprint density at radius 2 is 1.82 bits per heavy atom. The van der Waals surface area contributed by atoms with Crippen molar-refractivity contribution >= 4 is 34.0 Å². The molecule has 1 aromatic heterocycles. The Bertz CT molecular complexity index is 1030. The highest BCUT2D eigenvalue weighted by atomic mass is 79.9. The van der Waals surface area contributed by atoms with E-state index in [1.165, 1.54) is 0 Å². The van der Waals surface area contributed by atoms with Crippen LogP contribution < -0.4 is 27.9 Å². The van der Waals surface area contributed by atoms with Crippen molar-refractivity contribution in [3.63, 3.8) is 0 Å². The van der Waals surface area contributed by atoms with Crippen LogP contribution in [0.2, 0.25) is 10.0 Å². The Hall–Kier alpha value is -1.40. The van der Waals surface area contributed by atoms with Crippen molar-refractivity contribution in [3.05, 3.63) is 74.1 Å². The summed E-state index contributed by atoms with van der Waals surface area (Å²) in [6.07, 6.45) is 3.68. The number of aromatic nitrogens is 2. The second-order valence-electron chi connectivity index (χ2n) is 7.12. The molecule has 0 bridgehead atoms. The van der Waals surface area contributed by atoms with Gasteiger partial charge in [-0.1, -0.05) is 47.5 Å². The van der Waals surface area contributed by atoms with Crippen LogP contribution in [-0.4, -0.2) is 22.9 Å². The van der Waals surface area contributed by atoms with Crippen LogP contribution in [0.25, 0.3) is 10.8 Å². The minimum atomic E-state index is 0. The van der Waals surface area contributed by atoms with Crippen LogP contribution in [0.5, 0.6) is 0 Å². The number of nitrogens with two attached hydrogens (primary N) is 1. The summed E-state index contributed by atoms with van der Waals surface area (Å²) in [4.78, 5) is 13.1. The minimum Gasteiger partial charge on any atom is -1.00 e. The first-order valence-corrected chi connectivity index (χ1v) is 10.1. The molecule has 4 nitrogen and oxygen atoms in total. The molecule has 28 heavy (non-hydrogen) atoms. The average Bonchev–Trinajstić information content (AvgIpc) is 2.96. The lowest BCUT2D eigenvalue weighted by molar-refractivity contribution is -0.653. The molecule has 2 aromatic carbocycles. The van der Waals surface area contributed by atoms with Gasteiger partial charge in [0.05, 0.1) is 40.3 Å². The van der Waals surface area contributed by atoms with Gasteiger partial charge in [-0.3, -0.25) is 4.79 Å². The van der Waals surface area contributed by atoms with Gasteiger partial charge < -0.3 is 22.3 Å². The van der Waals surface area contributed by atoms with Gasteiger partial charge in [-0.2, -0.15) is 5.10 Å². The molecule has 4 rings (SSSR count). The number of rotatable bonds is 3. The predicted molar refractivity (Wildman–Crippen MR) is 110 cm³/mol. The van der Waals surface area contributed by atoms with Gasteiger partial charge >= 0.3 is 0 Å². The van der Waals surface area contributed by atoms with Gasteiger partial charge in [-0.15, -0.1) is 0 Å². The molecule has 148 valence electrons. The zero-order chi connectivity index (χ0) is 18.8. The molecule has 1 aliphatic heterocycles. The van der Waals surface area contributed by atoms with Crippen molar-refractivity contribution in [1.82, 2.24) is 9.78 Å². The second kappa shape index (κ2) is 9.40. The lowest BCUT2D eigenvalue weighted by atomic mass is 10.0. The van der Waals surface area contributed by atoms with Gasteiger partial charge in [0, 0.05) is 18.2 Å². The topological polar surface area (TPSA) is 51.5 Å². The molecule has 0 saturated carbocycles. The predicted octanol–water partition coefficient (Wildman–Crippen LogP) is 0.586. The molecule has 1 aliphatic rings. The Kier molecular flexibility index (Phi) is 7.15. The molecular formula is C21H22BrCl2N3O. The van der Waals surface area contributed by atoms with Gasteiger partial charge in [0.15, 0.2) is 0 Å². The van der Waals surface area contributed by atoms with E-state index in [1.807, 2.05) is 36.4 Å². The molecule has 0 radical (unpaired) electrons. The number of fused-ring (bicyclic) bond motifs is 1. The third-order valence-electron chi connectivity index (χ3n) is 5.26. The van der Waals surface area contributed by atoms with Crippen LogP contribution in [-0.2, 0) is 6.42 Å². The summed E-state index contributed by atoms with van der Waals surface area (Å²) in [5.41, 5.74) is 1.94. The highest BCUT2D eigenvalue weighted by molar-refractivity contribution is 6.42. The van der Waals surface area contributed by atoms with Crippen LogP contribution in [0.1, 0.15) is 36.6 Å². The number of quaternary nitrogens is 1. The van der Waals surface area contributed by atoms with E-state index in [2.05, 4.69) is 5.32 Å². The quantitative estimate of drug-likeness (QED) is 0.593. The SMILES string of the molecule is O=c1c2ccccc2c(Cc2ccc(Cl)c(Cl)c2)nn1C1CCC[NH2+]CC1.[Br-]. The maximum absolute atomic E-state index is 13.1. The van der Waals surface area contributed by atoms with Gasteiger partial charge in [0.2, 0.25) is 0 Å². The molecule has 0 spiro atoms. The maximum atomic E-state index is 13.1. The first-order valence-electron chi connectivity index (χ1n) is 9.39. The average molecular weight is 483 g/mol. The van der Waals surface area contributed by atoms with E-state index in [9.17, 15) is 4.79 Å². The smallest absolute Gasteiger partial charge is 0.274 e. The normalized spacial score (nSPS) is 17.1. The molecule has 1 atom stereocenters. The van der Waals surface area contributed by atoms with Crippen molar-refractivity contribution < 1.29 is 22.3 Å². The minimum absolute atomic E-state index is 0. The van der Waals surface area contributed by atoms with E-state index >= 15 is 0 Å². The summed E-state index contributed by atoms with van der Waals surface area (Å²) in [5, 5.41) is 9.86. The molecule has 3 aromatic rings. The highest BCUT2D eigenvalue weighted by Gasteiger charge is 2.20. The molecule has 0 aliphatic carbocycles. The van der Waals surface area contributed by atoms with Gasteiger partial charge in [0.1, 0.15) is 0 Å². The molecule has 2 N–H and O–H groups in total. The Labute approximate surface area is 184 Å². The van der Waals surface area contributed by atoms with Gasteiger partial charge in [0.25, 0.3) is 5.56 Å². The summed E-state index contributed by atoms with van der Waals surface area (Å²) in [7, 11) is 0. The van der Waals surface area contributed by atoms with E-state index in [0.717, 1.165) is 54.4 Å². The third-order valence-corrected chi connectivity index (χ3v) is 5.99. The van der Waals surface area contributed by atoms with Crippen LogP contribution in [0.3, 0.4) is 0 Å². The third kappa shape index (κ3) is 4.43. The van der Waals surface area contributed by atoms with E-state index < -0.39 is 0 Å². The Morgan fingerprint density at radius 3 is 2.61 bits per heavy atom. The van der Waals surface area contributed by atoms with Crippen molar-refractivity contribution in [2.45, 2.75) is 31.7 Å². The van der Waals surface area contributed by atoms with Crippen molar-refractivity contribution in [1.29, 1.82) is 0 Å². The largest absolute Gasteiger partial charge is 1.00 e. The number of hydrogen-bond acceptors (Lipinski definition) is 2. The summed E-state index contributed by atoms with van der Waals surface area (Å²) in [6, 6.07) is 13.5. The first-order chi connectivity index (χ1) is 13.1. The van der Waals surface area contributed by atoms with Crippen LogP contribution in [0.15, 0.2) is 47.3 Å². The van der Waals surface area contributed by atoms with Gasteiger partial charge in [-0.05, 0) is 36.6 Å². The maximum Gasteiger partial charge on any atom is 0.274 e. The monoisotopic (exact) mass is 481 g/mol. The van der Waals surface area contributed by atoms with E-state index in [-0.39, 0.29) is 28.6 Å². The fourth-order valence-corrected chi connectivity index (χ4v) is 4.16. The lowest BCUT2D eigenvalue weighted by Gasteiger charge is -2.18. The molecule has 1 unspecified atom stereocenters. The van der Waals surface area contributed by atoms with Crippen LogP contribution in [0, 0.1) is 0 Å². The fraction of sp³-hybridized carbons (Fsp3) is 0.333. The van der Waals surface area contributed by atoms with Gasteiger partial charge in [-0.25, -0.2) is 4.68 Å². The second-order valence-corrected chi connectivity index (χ2v) is 7.93. The zero-order valence-corrected chi connectivity index (χ0v) is 18.5. The molecule has 2 heterocycles. The number of benzene rings is 2.